The Kier molecular flexibility index (Phi) is 9.75. The minimum Gasteiger partial charge on any atom is -0.370 e. The van der Waals surface area contributed by atoms with Crippen molar-refractivity contribution in [3.8, 4) is 0 Å². The molecular formula is C18H29IN4O. The highest BCUT2D eigenvalue weighted by Crippen LogP contribution is 2.10. The summed E-state index contributed by atoms with van der Waals surface area (Å²) in [7, 11) is 0. The van der Waals surface area contributed by atoms with E-state index in [1.54, 1.807) is 0 Å². The second-order valence-electron chi connectivity index (χ2n) is 6.03. The van der Waals surface area contributed by atoms with Crippen LogP contribution in [-0.2, 0) is 6.54 Å². The van der Waals surface area contributed by atoms with Gasteiger partial charge in [-0.3, -0.25) is 4.79 Å². The van der Waals surface area contributed by atoms with E-state index >= 15 is 0 Å². The van der Waals surface area contributed by atoms with E-state index in [9.17, 15) is 4.79 Å². The highest BCUT2D eigenvalue weighted by atomic mass is 127. The number of carbonyl (C=O) groups excluding carboxylic acids is 1. The molecule has 1 fully saturated rings. The van der Waals surface area contributed by atoms with Gasteiger partial charge in [0.15, 0.2) is 5.96 Å². The van der Waals surface area contributed by atoms with Crippen molar-refractivity contribution < 1.29 is 4.79 Å². The van der Waals surface area contributed by atoms with Gasteiger partial charge in [-0.05, 0) is 37.0 Å². The van der Waals surface area contributed by atoms with Crippen molar-refractivity contribution in [2.75, 3.05) is 19.6 Å². The molecule has 5 nitrogen and oxygen atoms in total. The molecule has 6 heteroatoms. The fraction of sp³-hybridized carbons (Fsp3) is 0.556. The van der Waals surface area contributed by atoms with Crippen LogP contribution >= 0.6 is 24.0 Å². The molecular weight excluding hydrogens is 415 g/mol. The van der Waals surface area contributed by atoms with E-state index < -0.39 is 0 Å². The summed E-state index contributed by atoms with van der Waals surface area (Å²) < 4.78 is 0. The van der Waals surface area contributed by atoms with E-state index in [1.807, 2.05) is 31.2 Å². The molecule has 1 aromatic rings. The first kappa shape index (κ1) is 20.7. The first-order chi connectivity index (χ1) is 11.2. The van der Waals surface area contributed by atoms with Gasteiger partial charge < -0.3 is 16.0 Å². The van der Waals surface area contributed by atoms with Crippen LogP contribution < -0.4 is 11.1 Å². The summed E-state index contributed by atoms with van der Waals surface area (Å²) in [6.07, 6.45) is 5.85. The third-order valence-corrected chi connectivity index (χ3v) is 4.08. The van der Waals surface area contributed by atoms with Gasteiger partial charge in [0.25, 0.3) is 5.91 Å². The largest absolute Gasteiger partial charge is 0.370 e. The summed E-state index contributed by atoms with van der Waals surface area (Å²) in [5, 5.41) is 2.89. The van der Waals surface area contributed by atoms with Crippen LogP contribution in [0.15, 0.2) is 29.3 Å². The van der Waals surface area contributed by atoms with Gasteiger partial charge in [-0.15, -0.1) is 24.0 Å². The number of hydrogen-bond donors (Lipinski definition) is 2. The molecule has 1 saturated heterocycles. The first-order valence-electron chi connectivity index (χ1n) is 8.62. The van der Waals surface area contributed by atoms with Crippen molar-refractivity contribution in [1.82, 2.24) is 10.2 Å². The Balaban J connectivity index is 0.00000288. The Morgan fingerprint density at radius 2 is 1.96 bits per heavy atom. The van der Waals surface area contributed by atoms with Crippen LogP contribution in [0.2, 0.25) is 0 Å². The maximum atomic E-state index is 12.0. The molecule has 3 N–H and O–H groups in total. The topological polar surface area (TPSA) is 70.7 Å². The smallest absolute Gasteiger partial charge is 0.251 e. The normalized spacial score (nSPS) is 15.4. The van der Waals surface area contributed by atoms with Crippen LogP contribution in [0.3, 0.4) is 0 Å². The van der Waals surface area contributed by atoms with Crippen molar-refractivity contribution >= 4 is 35.8 Å². The molecule has 0 saturated carbocycles. The van der Waals surface area contributed by atoms with Crippen LogP contribution in [0, 0.1) is 0 Å². The zero-order chi connectivity index (χ0) is 16.5. The molecule has 0 radical (unpaired) electrons. The summed E-state index contributed by atoms with van der Waals surface area (Å²) in [5.74, 6) is 0.589. The Morgan fingerprint density at radius 1 is 1.25 bits per heavy atom. The molecule has 134 valence electrons. The molecule has 0 aliphatic carbocycles. The number of rotatable bonds is 5. The van der Waals surface area contributed by atoms with Crippen molar-refractivity contribution in [2.45, 2.75) is 45.6 Å². The molecule has 1 aliphatic heterocycles. The van der Waals surface area contributed by atoms with Crippen molar-refractivity contribution in [2.24, 2.45) is 10.7 Å². The fourth-order valence-corrected chi connectivity index (χ4v) is 2.72. The summed E-state index contributed by atoms with van der Waals surface area (Å²) in [6.45, 7) is 5.24. The molecule has 1 aliphatic rings. The van der Waals surface area contributed by atoms with Gasteiger partial charge >= 0.3 is 0 Å². The van der Waals surface area contributed by atoms with Gasteiger partial charge in [0.2, 0.25) is 0 Å². The van der Waals surface area contributed by atoms with Crippen LogP contribution in [-0.4, -0.2) is 36.4 Å². The van der Waals surface area contributed by atoms with Gasteiger partial charge in [0.05, 0.1) is 6.54 Å². The number of benzene rings is 1. The number of amides is 1. The van der Waals surface area contributed by atoms with E-state index in [1.165, 1.54) is 25.7 Å². The Bertz CT molecular complexity index is 540. The second kappa shape index (κ2) is 11.3. The number of guanidine groups is 1. The van der Waals surface area contributed by atoms with Crippen LogP contribution in [0.4, 0.5) is 0 Å². The lowest BCUT2D eigenvalue weighted by molar-refractivity contribution is 0.0953. The van der Waals surface area contributed by atoms with Crippen LogP contribution in [0.25, 0.3) is 0 Å². The summed E-state index contributed by atoms with van der Waals surface area (Å²) >= 11 is 0. The van der Waals surface area contributed by atoms with Crippen LogP contribution in [0.5, 0.6) is 0 Å². The van der Waals surface area contributed by atoms with Gasteiger partial charge in [-0.25, -0.2) is 4.99 Å². The average Bonchev–Trinajstić information content (AvgIpc) is 2.87. The Labute approximate surface area is 162 Å². The van der Waals surface area contributed by atoms with Gasteiger partial charge in [0.1, 0.15) is 0 Å². The van der Waals surface area contributed by atoms with Crippen molar-refractivity contribution in [3.05, 3.63) is 35.4 Å². The predicted molar refractivity (Wildman–Crippen MR) is 110 cm³/mol. The summed E-state index contributed by atoms with van der Waals surface area (Å²) in [5.41, 5.74) is 7.81. The standard InChI is InChI=1S/C18H28N4O.HI/c1-2-10-20-17(23)16-9-7-8-15(13-16)14-21-18(19)22-11-5-3-4-6-12-22;/h7-9,13H,2-6,10-12,14H2,1H3,(H2,19,21)(H,20,23);1H. The fourth-order valence-electron chi connectivity index (χ4n) is 2.72. The summed E-state index contributed by atoms with van der Waals surface area (Å²) in [4.78, 5) is 18.7. The minimum absolute atomic E-state index is 0. The van der Waals surface area contributed by atoms with E-state index in [-0.39, 0.29) is 29.9 Å². The average molecular weight is 444 g/mol. The maximum absolute atomic E-state index is 12.0. The van der Waals surface area contributed by atoms with Gasteiger partial charge in [-0.1, -0.05) is 31.9 Å². The van der Waals surface area contributed by atoms with E-state index in [4.69, 9.17) is 5.73 Å². The number of halogens is 1. The lowest BCUT2D eigenvalue weighted by atomic mass is 10.1. The highest BCUT2D eigenvalue weighted by molar-refractivity contribution is 14.0. The zero-order valence-corrected chi connectivity index (χ0v) is 16.8. The zero-order valence-electron chi connectivity index (χ0n) is 14.5. The predicted octanol–water partition coefficient (Wildman–Crippen LogP) is 3.14. The number of aliphatic imine (C=N–C) groups is 1. The highest BCUT2D eigenvalue weighted by Gasteiger charge is 2.11. The Hall–Kier alpha value is -1.31. The number of nitrogens with two attached hydrogens (primary N) is 1. The molecule has 1 aromatic carbocycles. The second-order valence-corrected chi connectivity index (χ2v) is 6.03. The molecule has 0 spiro atoms. The monoisotopic (exact) mass is 444 g/mol. The van der Waals surface area contributed by atoms with E-state index in [0.717, 1.165) is 25.1 Å². The molecule has 0 aromatic heterocycles. The molecule has 0 atom stereocenters. The Morgan fingerprint density at radius 3 is 2.62 bits per heavy atom. The van der Waals surface area contributed by atoms with E-state index in [2.05, 4.69) is 15.2 Å². The number of nitrogens with one attached hydrogen (secondary N) is 1. The van der Waals surface area contributed by atoms with Crippen LogP contribution in [0.1, 0.15) is 54.9 Å². The van der Waals surface area contributed by atoms with Gasteiger partial charge in [-0.2, -0.15) is 0 Å². The third-order valence-electron chi connectivity index (χ3n) is 4.08. The van der Waals surface area contributed by atoms with E-state index in [0.29, 0.717) is 24.6 Å². The number of hydrogen-bond acceptors (Lipinski definition) is 2. The third kappa shape index (κ3) is 6.67. The lowest BCUT2D eigenvalue weighted by Gasteiger charge is -2.21. The molecule has 0 unspecified atom stereocenters. The number of nitrogens with zero attached hydrogens (tertiary/aromatic N) is 2. The quantitative estimate of drug-likeness (QED) is 0.417. The molecule has 2 rings (SSSR count). The molecule has 24 heavy (non-hydrogen) atoms. The minimum atomic E-state index is -0.0295. The first-order valence-corrected chi connectivity index (χ1v) is 8.62. The SMILES string of the molecule is CCCNC(=O)c1cccc(CN=C(N)N2CCCCCC2)c1.I. The van der Waals surface area contributed by atoms with Gasteiger partial charge in [0, 0.05) is 25.2 Å². The number of likely N-dealkylation sites (tertiary alicyclic amines) is 1. The molecule has 0 bridgehead atoms. The summed E-state index contributed by atoms with van der Waals surface area (Å²) in [6, 6.07) is 7.60. The maximum Gasteiger partial charge on any atom is 0.251 e. The number of carbonyl (C=O) groups is 1. The lowest BCUT2D eigenvalue weighted by Crippen LogP contribution is -2.38. The van der Waals surface area contributed by atoms with Crippen molar-refractivity contribution in [3.63, 3.8) is 0 Å². The van der Waals surface area contributed by atoms with Crippen molar-refractivity contribution in [1.29, 1.82) is 0 Å². The molecule has 1 heterocycles. The molecule has 1 amide bonds.